The molecule has 0 saturated carbocycles. The Morgan fingerprint density at radius 1 is 1.14 bits per heavy atom. The highest BCUT2D eigenvalue weighted by Crippen LogP contribution is 2.32. The Balaban J connectivity index is 1.19. The summed E-state index contributed by atoms with van der Waals surface area (Å²) in [6, 6.07) is 11.9. The monoisotopic (exact) mass is 512 g/mol. The topological polar surface area (TPSA) is 96.6 Å². The molecule has 0 aliphatic carbocycles. The van der Waals surface area contributed by atoms with Crippen LogP contribution in [-0.2, 0) is 21.2 Å². The number of piperidine rings is 1. The molecule has 0 bridgehead atoms. The zero-order chi connectivity index (χ0) is 24.4. The molecule has 0 N–H and O–H groups in total. The first kappa shape index (κ1) is 23.9. The lowest BCUT2D eigenvalue weighted by Gasteiger charge is -2.34. The second kappa shape index (κ2) is 10.0. The van der Waals surface area contributed by atoms with Gasteiger partial charge in [0, 0.05) is 49.5 Å². The third kappa shape index (κ3) is 4.96. The van der Waals surface area contributed by atoms with Crippen LogP contribution in [0.15, 0.2) is 56.6 Å². The quantitative estimate of drug-likeness (QED) is 0.494. The van der Waals surface area contributed by atoms with E-state index < -0.39 is 10.0 Å². The third-order valence-corrected chi connectivity index (χ3v) is 9.98. The fourth-order valence-electron chi connectivity index (χ4n) is 4.60. The summed E-state index contributed by atoms with van der Waals surface area (Å²) in [5, 5.41) is 5.66. The first-order chi connectivity index (χ1) is 17.0. The summed E-state index contributed by atoms with van der Waals surface area (Å²) in [5.74, 6) is 0.907. The number of sulfonamides is 1. The molecule has 10 heteroatoms. The van der Waals surface area contributed by atoms with Crippen molar-refractivity contribution in [2.24, 2.45) is 5.92 Å². The molecular weight excluding hydrogens is 484 g/mol. The number of benzene rings is 1. The van der Waals surface area contributed by atoms with Crippen molar-refractivity contribution < 1.29 is 17.7 Å². The van der Waals surface area contributed by atoms with Crippen LogP contribution in [0.2, 0.25) is 0 Å². The number of carbonyl (C=O) groups excluding carboxylic acids is 1. The fraction of sp³-hybridized carbons (Fsp3) is 0.400. The SMILES string of the molecule is CCc1nc(-c2csc(S(=O)(=O)N3CCC(C(=O)N4CC=C(c5ccccc5)CC4)CC3)c2)no1. The molecular formula is C25H28N4O4S2. The number of aryl methyl sites for hydroxylation is 1. The highest BCUT2D eigenvalue weighted by Gasteiger charge is 2.35. The van der Waals surface area contributed by atoms with Crippen molar-refractivity contribution in [1.29, 1.82) is 0 Å². The molecule has 35 heavy (non-hydrogen) atoms. The van der Waals surface area contributed by atoms with E-state index in [0.29, 0.717) is 62.7 Å². The van der Waals surface area contributed by atoms with Crippen molar-refractivity contribution in [3.8, 4) is 11.4 Å². The molecule has 0 atom stereocenters. The Morgan fingerprint density at radius 2 is 1.91 bits per heavy atom. The Labute approximate surface area is 209 Å². The molecule has 1 aromatic carbocycles. The second-order valence-electron chi connectivity index (χ2n) is 8.83. The molecule has 1 amide bonds. The molecule has 1 fully saturated rings. The summed E-state index contributed by atoms with van der Waals surface area (Å²) in [4.78, 5) is 19.3. The van der Waals surface area contributed by atoms with Crippen molar-refractivity contribution in [2.45, 2.75) is 36.8 Å². The predicted octanol–water partition coefficient (Wildman–Crippen LogP) is 4.08. The number of rotatable bonds is 6. The molecule has 2 aromatic heterocycles. The number of carbonyl (C=O) groups is 1. The van der Waals surface area contributed by atoms with Gasteiger partial charge in [0.1, 0.15) is 4.21 Å². The van der Waals surface area contributed by atoms with Crippen LogP contribution in [0.1, 0.15) is 37.6 Å². The lowest BCUT2D eigenvalue weighted by Crippen LogP contribution is -2.45. The molecule has 2 aliphatic heterocycles. The van der Waals surface area contributed by atoms with E-state index in [1.54, 1.807) is 11.4 Å². The van der Waals surface area contributed by atoms with E-state index in [9.17, 15) is 13.2 Å². The smallest absolute Gasteiger partial charge is 0.252 e. The minimum absolute atomic E-state index is 0.132. The minimum Gasteiger partial charge on any atom is -0.339 e. The van der Waals surface area contributed by atoms with Crippen LogP contribution >= 0.6 is 11.3 Å². The summed E-state index contributed by atoms with van der Waals surface area (Å²) in [5.41, 5.74) is 3.12. The van der Waals surface area contributed by atoms with E-state index in [4.69, 9.17) is 4.52 Å². The first-order valence-corrected chi connectivity index (χ1v) is 14.2. The van der Waals surface area contributed by atoms with Crippen molar-refractivity contribution in [3.05, 3.63) is 59.3 Å². The van der Waals surface area contributed by atoms with Gasteiger partial charge in [-0.05, 0) is 36.5 Å². The zero-order valence-corrected chi connectivity index (χ0v) is 21.2. The molecule has 1 saturated heterocycles. The van der Waals surface area contributed by atoms with Crippen molar-refractivity contribution in [2.75, 3.05) is 26.2 Å². The van der Waals surface area contributed by atoms with Gasteiger partial charge >= 0.3 is 0 Å². The molecule has 0 unspecified atom stereocenters. The van der Waals surface area contributed by atoms with Crippen LogP contribution in [0.25, 0.3) is 17.0 Å². The Morgan fingerprint density at radius 3 is 2.57 bits per heavy atom. The van der Waals surface area contributed by atoms with Gasteiger partial charge in [0.05, 0.1) is 0 Å². The van der Waals surface area contributed by atoms with E-state index in [1.165, 1.54) is 15.4 Å². The van der Waals surface area contributed by atoms with Gasteiger partial charge in [-0.25, -0.2) is 8.42 Å². The lowest BCUT2D eigenvalue weighted by molar-refractivity contribution is -0.136. The van der Waals surface area contributed by atoms with E-state index in [2.05, 4.69) is 28.3 Å². The van der Waals surface area contributed by atoms with E-state index in [-0.39, 0.29) is 16.0 Å². The highest BCUT2D eigenvalue weighted by molar-refractivity contribution is 7.91. The zero-order valence-electron chi connectivity index (χ0n) is 19.6. The fourth-order valence-corrected chi connectivity index (χ4v) is 7.38. The number of thiophene rings is 1. The molecule has 3 aromatic rings. The van der Waals surface area contributed by atoms with Crippen LogP contribution in [-0.4, -0.2) is 59.8 Å². The summed E-state index contributed by atoms with van der Waals surface area (Å²) < 4.78 is 33.3. The van der Waals surface area contributed by atoms with E-state index in [1.807, 2.05) is 30.0 Å². The Kier molecular flexibility index (Phi) is 6.86. The summed E-state index contributed by atoms with van der Waals surface area (Å²) >= 11 is 1.16. The van der Waals surface area contributed by atoms with Gasteiger partial charge in [0.2, 0.25) is 17.6 Å². The molecule has 4 heterocycles. The van der Waals surface area contributed by atoms with Crippen LogP contribution < -0.4 is 0 Å². The summed E-state index contributed by atoms with van der Waals surface area (Å²) in [7, 11) is -3.63. The summed E-state index contributed by atoms with van der Waals surface area (Å²) in [6.45, 7) is 3.90. The number of aromatic nitrogens is 2. The van der Waals surface area contributed by atoms with Crippen molar-refractivity contribution in [3.63, 3.8) is 0 Å². The highest BCUT2D eigenvalue weighted by atomic mass is 32.2. The van der Waals surface area contributed by atoms with Gasteiger partial charge in [0.15, 0.2) is 0 Å². The van der Waals surface area contributed by atoms with Crippen LogP contribution in [0, 0.1) is 5.92 Å². The van der Waals surface area contributed by atoms with Gasteiger partial charge in [0.25, 0.3) is 10.0 Å². The standard InChI is InChI=1S/C25H28N4O4S2/c1-2-22-26-24(27-33-22)21-16-23(34-17-21)35(31,32)29-14-10-20(11-15-29)25(30)28-12-8-19(9-13-28)18-6-4-3-5-7-18/h3-8,16-17,20H,2,9-15H2,1H3. The van der Waals surface area contributed by atoms with Gasteiger partial charge in [-0.2, -0.15) is 9.29 Å². The molecule has 2 aliphatic rings. The van der Waals surface area contributed by atoms with Crippen molar-refractivity contribution >= 4 is 32.8 Å². The normalized spacial score (nSPS) is 18.0. The number of hydrogen-bond donors (Lipinski definition) is 0. The lowest BCUT2D eigenvalue weighted by atomic mass is 9.94. The van der Waals surface area contributed by atoms with Gasteiger partial charge in [-0.1, -0.05) is 48.5 Å². The number of amides is 1. The third-order valence-electron chi connectivity index (χ3n) is 6.67. The molecule has 8 nitrogen and oxygen atoms in total. The number of hydrogen-bond acceptors (Lipinski definition) is 7. The molecule has 0 radical (unpaired) electrons. The van der Waals surface area contributed by atoms with Gasteiger partial charge in [-0.3, -0.25) is 4.79 Å². The maximum Gasteiger partial charge on any atom is 0.252 e. The molecule has 5 rings (SSSR count). The Hall–Kier alpha value is -2.82. The Bertz CT molecular complexity index is 1320. The second-order valence-corrected chi connectivity index (χ2v) is 11.9. The largest absolute Gasteiger partial charge is 0.339 e. The minimum atomic E-state index is -3.63. The summed E-state index contributed by atoms with van der Waals surface area (Å²) in [6.07, 6.45) is 4.67. The predicted molar refractivity (Wildman–Crippen MR) is 134 cm³/mol. The van der Waals surface area contributed by atoms with Crippen LogP contribution in [0.5, 0.6) is 0 Å². The van der Waals surface area contributed by atoms with E-state index in [0.717, 1.165) is 17.8 Å². The molecule has 0 spiro atoms. The van der Waals surface area contributed by atoms with Crippen LogP contribution in [0.4, 0.5) is 0 Å². The van der Waals surface area contributed by atoms with Gasteiger partial charge in [-0.15, -0.1) is 11.3 Å². The average molecular weight is 513 g/mol. The molecule has 184 valence electrons. The van der Waals surface area contributed by atoms with E-state index >= 15 is 0 Å². The average Bonchev–Trinajstić information content (AvgIpc) is 3.59. The van der Waals surface area contributed by atoms with Crippen molar-refractivity contribution in [1.82, 2.24) is 19.3 Å². The van der Waals surface area contributed by atoms with Gasteiger partial charge < -0.3 is 9.42 Å². The number of nitrogens with zero attached hydrogens (tertiary/aromatic N) is 4. The maximum atomic E-state index is 13.2. The maximum absolute atomic E-state index is 13.2. The van der Waals surface area contributed by atoms with Crippen LogP contribution in [0.3, 0.4) is 0 Å². The first-order valence-electron chi connectivity index (χ1n) is 11.9.